The molecule has 5 nitrogen and oxygen atoms in total. The van der Waals surface area contributed by atoms with E-state index in [1.54, 1.807) is 0 Å². The molecule has 0 atom stereocenters. The number of phosphoric acid groups is 1. The molecule has 0 aliphatic carbocycles. The molecule has 0 aromatic rings. The molecule has 0 unspecified atom stereocenters. The summed E-state index contributed by atoms with van der Waals surface area (Å²) >= 11 is 4.59. The lowest BCUT2D eigenvalue weighted by Crippen LogP contribution is -2.02. The van der Waals surface area contributed by atoms with Gasteiger partial charge in [0.2, 0.25) is 0 Å². The van der Waals surface area contributed by atoms with Crippen LogP contribution in [-0.2, 0) is 13.8 Å². The van der Waals surface area contributed by atoms with Crippen molar-refractivity contribution >= 4 is 25.1 Å². The van der Waals surface area contributed by atoms with Gasteiger partial charge in [-0.3, -0.25) is 4.52 Å². The third-order valence-electron chi connectivity index (χ3n) is 0.793. The number of rotatable bonds is 4. The summed E-state index contributed by atoms with van der Waals surface area (Å²) in [6.07, 6.45) is 0.205. The van der Waals surface area contributed by atoms with E-state index in [0.717, 1.165) is 0 Å². The fourth-order valence-corrected chi connectivity index (χ4v) is 0.762. The highest BCUT2D eigenvalue weighted by Crippen LogP contribution is 2.35. The minimum absolute atomic E-state index is 0.128. The molecule has 66 valence electrons. The van der Waals surface area contributed by atoms with E-state index < -0.39 is 7.82 Å². The quantitative estimate of drug-likeness (QED) is 0.507. The normalized spacial score (nSPS) is 11.2. The Labute approximate surface area is 69.6 Å². The Morgan fingerprint density at radius 3 is 2.55 bits per heavy atom. The highest BCUT2D eigenvalue weighted by molar-refractivity contribution is 7.80. The van der Waals surface area contributed by atoms with Gasteiger partial charge in [-0.05, 0) is 12.2 Å². The van der Waals surface area contributed by atoms with Crippen molar-refractivity contribution in [3.05, 3.63) is 0 Å². The zero-order valence-corrected chi connectivity index (χ0v) is 7.60. The van der Waals surface area contributed by atoms with Gasteiger partial charge >= 0.3 is 7.82 Å². The molecular formula is C4H9O5PS. The summed E-state index contributed by atoms with van der Waals surface area (Å²) in [5.74, 6) is 0. The molecule has 0 aromatic heterocycles. The standard InChI is InChI=1S/C4H9O5PS/c1-8-4(11)2-3-9-10(5,6)7/h2-3H2,1H3,(H2,5,6,7). The van der Waals surface area contributed by atoms with Crippen molar-refractivity contribution in [3.8, 4) is 0 Å². The molecule has 11 heavy (non-hydrogen) atoms. The molecule has 0 amide bonds. The van der Waals surface area contributed by atoms with Gasteiger partial charge < -0.3 is 14.5 Å². The molecule has 0 aromatic carbocycles. The topological polar surface area (TPSA) is 76.0 Å². The van der Waals surface area contributed by atoms with E-state index in [2.05, 4.69) is 21.5 Å². The van der Waals surface area contributed by atoms with Gasteiger partial charge in [0.25, 0.3) is 0 Å². The van der Waals surface area contributed by atoms with Crippen LogP contribution >= 0.6 is 20.0 Å². The fourth-order valence-electron chi connectivity index (χ4n) is 0.350. The van der Waals surface area contributed by atoms with Crippen LogP contribution in [0.3, 0.4) is 0 Å². The Bertz CT molecular complexity index is 175. The predicted molar refractivity (Wildman–Crippen MR) is 42.2 cm³/mol. The van der Waals surface area contributed by atoms with Gasteiger partial charge in [-0.1, -0.05) is 0 Å². The van der Waals surface area contributed by atoms with Crippen LogP contribution < -0.4 is 0 Å². The maximum absolute atomic E-state index is 10.1. The van der Waals surface area contributed by atoms with Crippen LogP contribution in [0.5, 0.6) is 0 Å². The molecule has 0 heterocycles. The van der Waals surface area contributed by atoms with E-state index in [1.807, 2.05) is 0 Å². The average molecular weight is 200 g/mol. The first-order chi connectivity index (χ1) is 4.95. The van der Waals surface area contributed by atoms with Crippen LogP contribution in [0.25, 0.3) is 0 Å². The minimum atomic E-state index is -4.35. The number of phosphoric ester groups is 1. The monoisotopic (exact) mass is 200 g/mol. The third kappa shape index (κ3) is 7.90. The molecule has 2 N–H and O–H groups in total. The average Bonchev–Trinajstić information content (AvgIpc) is 1.85. The van der Waals surface area contributed by atoms with Crippen molar-refractivity contribution in [2.45, 2.75) is 6.42 Å². The molecule has 0 saturated heterocycles. The van der Waals surface area contributed by atoms with E-state index >= 15 is 0 Å². The molecule has 0 spiro atoms. The van der Waals surface area contributed by atoms with Crippen LogP contribution in [0.15, 0.2) is 0 Å². The molecule has 0 bridgehead atoms. The summed E-state index contributed by atoms with van der Waals surface area (Å²) in [4.78, 5) is 16.4. The first-order valence-electron chi connectivity index (χ1n) is 2.72. The van der Waals surface area contributed by atoms with Gasteiger partial charge in [-0.25, -0.2) is 4.57 Å². The van der Waals surface area contributed by atoms with E-state index in [4.69, 9.17) is 9.79 Å². The Hall–Kier alpha value is -0.0000000000000000416. The lowest BCUT2D eigenvalue weighted by Gasteiger charge is -2.04. The van der Waals surface area contributed by atoms with Gasteiger partial charge in [-0.15, -0.1) is 0 Å². The third-order valence-corrected chi connectivity index (χ3v) is 1.68. The second kappa shape index (κ2) is 4.79. The van der Waals surface area contributed by atoms with Crippen molar-refractivity contribution in [2.24, 2.45) is 0 Å². The molecule has 0 aliphatic heterocycles. The Morgan fingerprint density at radius 2 is 2.18 bits per heavy atom. The van der Waals surface area contributed by atoms with Crippen molar-refractivity contribution in [2.75, 3.05) is 13.7 Å². The van der Waals surface area contributed by atoms with Crippen LogP contribution in [0.1, 0.15) is 6.42 Å². The van der Waals surface area contributed by atoms with Crippen molar-refractivity contribution in [1.29, 1.82) is 0 Å². The van der Waals surface area contributed by atoms with Crippen molar-refractivity contribution in [3.63, 3.8) is 0 Å². The zero-order chi connectivity index (χ0) is 8.91. The van der Waals surface area contributed by atoms with Gasteiger partial charge in [0.1, 0.15) is 0 Å². The smallest absolute Gasteiger partial charge is 0.469 e. The molecule has 0 aliphatic rings. The Morgan fingerprint density at radius 1 is 1.64 bits per heavy atom. The molecule has 0 saturated carbocycles. The number of thiocarbonyl (C=S) groups is 1. The summed E-state index contributed by atoms with van der Waals surface area (Å²) in [6, 6.07) is 0. The lowest BCUT2D eigenvalue weighted by molar-refractivity contribution is 0.199. The van der Waals surface area contributed by atoms with Crippen LogP contribution in [0.2, 0.25) is 0 Å². The number of hydrogen-bond donors (Lipinski definition) is 2. The highest BCUT2D eigenvalue weighted by Gasteiger charge is 2.13. The maximum Gasteiger partial charge on any atom is 0.469 e. The van der Waals surface area contributed by atoms with Crippen molar-refractivity contribution < 1.29 is 23.6 Å². The van der Waals surface area contributed by atoms with E-state index in [9.17, 15) is 4.57 Å². The molecule has 0 rings (SSSR count). The zero-order valence-electron chi connectivity index (χ0n) is 5.89. The first-order valence-corrected chi connectivity index (χ1v) is 4.66. The van der Waals surface area contributed by atoms with Gasteiger partial charge in [0, 0.05) is 6.42 Å². The second-order valence-corrected chi connectivity index (χ2v) is 3.34. The van der Waals surface area contributed by atoms with Crippen molar-refractivity contribution in [1.82, 2.24) is 0 Å². The fraction of sp³-hybridized carbons (Fsp3) is 0.750. The first kappa shape index (κ1) is 11.0. The number of methoxy groups -OCH3 is 1. The number of hydrogen-bond acceptors (Lipinski definition) is 4. The summed E-state index contributed by atoms with van der Waals surface area (Å²) in [7, 11) is -2.96. The van der Waals surface area contributed by atoms with Gasteiger partial charge in [0.05, 0.1) is 13.7 Å². The molecule has 0 radical (unpaired) electrons. The molecule has 0 fully saturated rings. The summed E-state index contributed by atoms with van der Waals surface area (Å²) in [5, 5.41) is 0.262. The van der Waals surface area contributed by atoms with Crippen LogP contribution in [-0.4, -0.2) is 28.6 Å². The number of ether oxygens (including phenoxy) is 1. The molecule has 7 heteroatoms. The predicted octanol–water partition coefficient (Wildman–Crippen LogP) is 0.460. The largest absolute Gasteiger partial charge is 0.490 e. The summed E-state index contributed by atoms with van der Waals surface area (Å²) in [6.45, 7) is -0.128. The maximum atomic E-state index is 10.1. The summed E-state index contributed by atoms with van der Waals surface area (Å²) in [5.41, 5.74) is 0. The highest BCUT2D eigenvalue weighted by atomic mass is 32.1. The van der Waals surface area contributed by atoms with Crippen LogP contribution in [0, 0.1) is 0 Å². The van der Waals surface area contributed by atoms with Gasteiger partial charge in [0.15, 0.2) is 5.05 Å². The van der Waals surface area contributed by atoms with Gasteiger partial charge in [-0.2, -0.15) is 0 Å². The Kier molecular flexibility index (Phi) is 4.79. The molecular weight excluding hydrogens is 191 g/mol. The summed E-state index contributed by atoms with van der Waals surface area (Å²) < 4.78 is 18.8. The van der Waals surface area contributed by atoms with E-state index in [-0.39, 0.29) is 18.1 Å². The van der Waals surface area contributed by atoms with Crippen LogP contribution in [0.4, 0.5) is 0 Å². The van der Waals surface area contributed by atoms with E-state index in [0.29, 0.717) is 0 Å². The SMILES string of the molecule is COC(=S)CCOP(=O)(O)O. The Balaban J connectivity index is 3.43. The van der Waals surface area contributed by atoms with E-state index in [1.165, 1.54) is 7.11 Å². The lowest BCUT2D eigenvalue weighted by atomic mass is 10.5. The second-order valence-electron chi connectivity index (χ2n) is 1.65. The minimum Gasteiger partial charge on any atom is -0.490 e.